The van der Waals surface area contributed by atoms with Crippen molar-refractivity contribution in [2.75, 3.05) is 5.32 Å². The molecule has 1 aromatic rings. The molecular formula is C14H18N4O2. The number of amides is 1. The van der Waals surface area contributed by atoms with E-state index in [0.29, 0.717) is 11.6 Å². The highest BCUT2D eigenvalue weighted by Gasteiger charge is 2.13. The quantitative estimate of drug-likeness (QED) is 0.520. The van der Waals surface area contributed by atoms with Gasteiger partial charge in [-0.1, -0.05) is 24.9 Å². The van der Waals surface area contributed by atoms with Crippen LogP contribution >= 0.6 is 0 Å². The summed E-state index contributed by atoms with van der Waals surface area (Å²) in [7, 11) is 0. The number of aryl methyl sites for hydroxylation is 1. The Balaban J connectivity index is 2.83. The Hall–Kier alpha value is -2.42. The third-order valence-electron chi connectivity index (χ3n) is 2.72. The standard InChI is InChI=1S/C14H18N4O2/c1-7-12(8(2)3)17-16-11(6)13(19)15-14-9(4)10(5)18-20-14/h1,8H,2-6H3,(H,15,19)/b16-11+,17-12+. The molecule has 0 aliphatic rings. The lowest BCUT2D eigenvalue weighted by atomic mass is 10.1. The van der Waals surface area contributed by atoms with Crippen LogP contribution in [0.1, 0.15) is 32.0 Å². The molecule has 0 saturated heterocycles. The second-order valence-corrected chi connectivity index (χ2v) is 4.65. The first-order valence-electron chi connectivity index (χ1n) is 6.19. The first kappa shape index (κ1) is 15.6. The average Bonchev–Trinajstić information content (AvgIpc) is 2.70. The minimum Gasteiger partial charge on any atom is -0.338 e. The van der Waals surface area contributed by atoms with E-state index < -0.39 is 5.91 Å². The lowest BCUT2D eigenvalue weighted by Crippen LogP contribution is -2.20. The second kappa shape index (κ2) is 6.66. The number of hydrogen-bond acceptors (Lipinski definition) is 5. The maximum Gasteiger partial charge on any atom is 0.274 e. The molecule has 1 N–H and O–H groups in total. The Kier molecular flexibility index (Phi) is 5.21. The molecule has 106 valence electrons. The van der Waals surface area contributed by atoms with Gasteiger partial charge in [0, 0.05) is 11.5 Å². The Morgan fingerprint density at radius 3 is 2.50 bits per heavy atom. The van der Waals surface area contributed by atoms with E-state index in [1.54, 1.807) is 20.8 Å². The Bertz CT molecular complexity index is 603. The number of nitrogens with zero attached hydrogens (tertiary/aromatic N) is 3. The third kappa shape index (κ3) is 3.79. The summed E-state index contributed by atoms with van der Waals surface area (Å²) >= 11 is 0. The molecule has 0 aromatic carbocycles. The largest absolute Gasteiger partial charge is 0.338 e. The number of hydrogen-bond donors (Lipinski definition) is 1. The van der Waals surface area contributed by atoms with Crippen LogP contribution in [0.15, 0.2) is 14.7 Å². The van der Waals surface area contributed by atoms with Crippen molar-refractivity contribution in [1.29, 1.82) is 0 Å². The van der Waals surface area contributed by atoms with Crippen LogP contribution in [-0.4, -0.2) is 22.5 Å². The zero-order chi connectivity index (χ0) is 15.3. The van der Waals surface area contributed by atoms with Crippen molar-refractivity contribution >= 4 is 23.2 Å². The highest BCUT2D eigenvalue weighted by Crippen LogP contribution is 2.17. The molecule has 6 heteroatoms. The number of terminal acetylenes is 1. The van der Waals surface area contributed by atoms with Crippen LogP contribution in [0.25, 0.3) is 0 Å². The number of aromatic nitrogens is 1. The van der Waals surface area contributed by atoms with Gasteiger partial charge >= 0.3 is 0 Å². The summed E-state index contributed by atoms with van der Waals surface area (Å²) in [5, 5.41) is 14.1. The smallest absolute Gasteiger partial charge is 0.274 e. The molecule has 0 radical (unpaired) electrons. The van der Waals surface area contributed by atoms with Crippen molar-refractivity contribution in [3.05, 3.63) is 11.3 Å². The second-order valence-electron chi connectivity index (χ2n) is 4.65. The topological polar surface area (TPSA) is 79.9 Å². The molecule has 0 spiro atoms. The molecule has 0 atom stereocenters. The zero-order valence-corrected chi connectivity index (χ0v) is 12.3. The molecule has 1 heterocycles. The summed E-state index contributed by atoms with van der Waals surface area (Å²) in [5.74, 6) is 2.43. The van der Waals surface area contributed by atoms with Crippen molar-refractivity contribution in [2.24, 2.45) is 16.1 Å². The van der Waals surface area contributed by atoms with E-state index in [0.717, 1.165) is 11.3 Å². The van der Waals surface area contributed by atoms with E-state index >= 15 is 0 Å². The van der Waals surface area contributed by atoms with Crippen LogP contribution in [0, 0.1) is 32.1 Å². The fourth-order valence-electron chi connectivity index (χ4n) is 1.21. The molecule has 0 aliphatic heterocycles. The van der Waals surface area contributed by atoms with Gasteiger partial charge in [0.25, 0.3) is 5.91 Å². The minimum atomic E-state index is -0.409. The molecule has 0 bridgehead atoms. The molecule has 20 heavy (non-hydrogen) atoms. The molecule has 1 amide bonds. The van der Waals surface area contributed by atoms with Crippen LogP contribution in [0.2, 0.25) is 0 Å². The van der Waals surface area contributed by atoms with Crippen molar-refractivity contribution < 1.29 is 9.32 Å². The highest BCUT2D eigenvalue weighted by atomic mass is 16.5. The SMILES string of the molecule is C#C/C(=N\N=C(/C)C(=O)Nc1onc(C)c1C)C(C)C. The van der Waals surface area contributed by atoms with Crippen molar-refractivity contribution in [3.63, 3.8) is 0 Å². The Morgan fingerprint density at radius 1 is 1.40 bits per heavy atom. The maximum atomic E-state index is 11.9. The van der Waals surface area contributed by atoms with E-state index in [4.69, 9.17) is 10.9 Å². The third-order valence-corrected chi connectivity index (χ3v) is 2.72. The predicted molar refractivity (Wildman–Crippen MR) is 78.8 cm³/mol. The summed E-state index contributed by atoms with van der Waals surface area (Å²) in [6.07, 6.45) is 5.31. The highest BCUT2D eigenvalue weighted by molar-refractivity contribution is 6.42. The summed E-state index contributed by atoms with van der Waals surface area (Å²) in [6, 6.07) is 0. The van der Waals surface area contributed by atoms with Crippen LogP contribution in [0.4, 0.5) is 5.88 Å². The Morgan fingerprint density at radius 2 is 2.05 bits per heavy atom. The van der Waals surface area contributed by atoms with Gasteiger partial charge in [-0.15, -0.1) is 16.6 Å². The van der Waals surface area contributed by atoms with Crippen LogP contribution in [0.5, 0.6) is 0 Å². The van der Waals surface area contributed by atoms with Crippen molar-refractivity contribution in [3.8, 4) is 12.3 Å². The molecule has 1 rings (SSSR count). The molecule has 0 unspecified atom stereocenters. The van der Waals surface area contributed by atoms with Gasteiger partial charge in [-0.25, -0.2) is 0 Å². The van der Waals surface area contributed by atoms with Gasteiger partial charge in [-0.2, -0.15) is 0 Å². The average molecular weight is 274 g/mol. The van der Waals surface area contributed by atoms with Crippen LogP contribution in [-0.2, 0) is 4.79 Å². The van der Waals surface area contributed by atoms with E-state index in [2.05, 4.69) is 26.6 Å². The summed E-state index contributed by atoms with van der Waals surface area (Å²) in [6.45, 7) is 8.96. The monoisotopic (exact) mass is 274 g/mol. The molecule has 6 nitrogen and oxygen atoms in total. The lowest BCUT2D eigenvalue weighted by Gasteiger charge is -2.02. The normalized spacial score (nSPS) is 12.4. The van der Waals surface area contributed by atoms with E-state index in [9.17, 15) is 4.79 Å². The van der Waals surface area contributed by atoms with Gasteiger partial charge in [-0.05, 0) is 20.8 Å². The fraction of sp³-hybridized carbons (Fsp3) is 0.429. The van der Waals surface area contributed by atoms with E-state index in [1.165, 1.54) is 0 Å². The Labute approximate surface area is 118 Å². The molecular weight excluding hydrogens is 256 g/mol. The van der Waals surface area contributed by atoms with Gasteiger partial charge in [0.2, 0.25) is 5.88 Å². The van der Waals surface area contributed by atoms with Gasteiger partial charge in [0.1, 0.15) is 11.4 Å². The number of carbonyl (C=O) groups excluding carboxylic acids is 1. The molecule has 1 aromatic heterocycles. The van der Waals surface area contributed by atoms with Gasteiger partial charge < -0.3 is 4.52 Å². The fourth-order valence-corrected chi connectivity index (χ4v) is 1.21. The zero-order valence-electron chi connectivity index (χ0n) is 12.3. The summed E-state index contributed by atoms with van der Waals surface area (Å²) in [4.78, 5) is 11.9. The molecule has 0 saturated carbocycles. The first-order chi connectivity index (χ1) is 9.36. The molecule has 0 fully saturated rings. The van der Waals surface area contributed by atoms with Gasteiger partial charge in [0.15, 0.2) is 0 Å². The maximum absolute atomic E-state index is 11.9. The first-order valence-corrected chi connectivity index (χ1v) is 6.19. The lowest BCUT2D eigenvalue weighted by molar-refractivity contribution is -0.110. The van der Waals surface area contributed by atoms with Crippen molar-refractivity contribution in [1.82, 2.24) is 5.16 Å². The summed E-state index contributed by atoms with van der Waals surface area (Å²) < 4.78 is 5.00. The molecule has 0 aliphatic carbocycles. The number of rotatable bonds is 4. The predicted octanol–water partition coefficient (Wildman–Crippen LogP) is 2.34. The number of anilines is 1. The van der Waals surface area contributed by atoms with E-state index in [1.807, 2.05) is 13.8 Å². The van der Waals surface area contributed by atoms with Crippen LogP contribution < -0.4 is 5.32 Å². The minimum absolute atomic E-state index is 0.0822. The van der Waals surface area contributed by atoms with Gasteiger partial charge in [-0.3, -0.25) is 10.1 Å². The summed E-state index contributed by atoms with van der Waals surface area (Å²) in [5.41, 5.74) is 2.18. The van der Waals surface area contributed by atoms with E-state index in [-0.39, 0.29) is 11.6 Å². The number of nitrogens with one attached hydrogen (secondary N) is 1. The van der Waals surface area contributed by atoms with Gasteiger partial charge in [0.05, 0.1) is 5.69 Å². The van der Waals surface area contributed by atoms with Crippen molar-refractivity contribution in [2.45, 2.75) is 34.6 Å². The number of carbonyl (C=O) groups is 1. The van der Waals surface area contributed by atoms with Crippen LogP contribution in [0.3, 0.4) is 0 Å².